The van der Waals surface area contributed by atoms with E-state index in [0.717, 1.165) is 0 Å². The Kier molecular flexibility index (Phi) is 4.51. The van der Waals surface area contributed by atoms with Gasteiger partial charge in [-0.15, -0.1) is 0 Å². The molecular weight excluding hydrogens is 222 g/mol. The van der Waals surface area contributed by atoms with Gasteiger partial charge in [-0.3, -0.25) is 9.59 Å². The molecule has 0 aliphatic heterocycles. The summed E-state index contributed by atoms with van der Waals surface area (Å²) in [4.78, 5) is 22.1. The molecule has 5 nitrogen and oxygen atoms in total. The summed E-state index contributed by atoms with van der Waals surface area (Å²) in [7, 11) is 0. The number of carboxylic acids is 1. The average Bonchev–Trinajstić information content (AvgIpc) is 2.29. The Bertz CT molecular complexity index is 391. The second-order valence-corrected chi connectivity index (χ2v) is 3.64. The third-order valence-corrected chi connectivity index (χ3v) is 2.15. The summed E-state index contributed by atoms with van der Waals surface area (Å²) in [5, 5.41) is 11.0. The fraction of sp³-hybridized carbons (Fsp3) is 0.333. The van der Waals surface area contributed by atoms with Crippen molar-refractivity contribution < 1.29 is 19.4 Å². The Hall–Kier alpha value is -2.04. The maximum atomic E-state index is 11.6. The van der Waals surface area contributed by atoms with Crippen molar-refractivity contribution in [3.8, 4) is 5.75 Å². The van der Waals surface area contributed by atoms with Gasteiger partial charge < -0.3 is 15.2 Å². The lowest BCUT2D eigenvalue weighted by molar-refractivity contribution is -0.142. The monoisotopic (exact) mass is 237 g/mol. The number of nitrogens with one attached hydrogen (secondary N) is 1. The van der Waals surface area contributed by atoms with Crippen LogP contribution in [0.2, 0.25) is 0 Å². The van der Waals surface area contributed by atoms with Gasteiger partial charge in [0.1, 0.15) is 11.8 Å². The molecule has 17 heavy (non-hydrogen) atoms. The second kappa shape index (κ2) is 5.89. The van der Waals surface area contributed by atoms with E-state index < -0.39 is 24.0 Å². The largest absolute Gasteiger partial charge is 0.481 e. The van der Waals surface area contributed by atoms with Crippen LogP contribution in [0.3, 0.4) is 0 Å². The summed E-state index contributed by atoms with van der Waals surface area (Å²) in [6.07, 6.45) is -0.737. The van der Waals surface area contributed by atoms with E-state index in [0.29, 0.717) is 5.75 Å². The zero-order valence-corrected chi connectivity index (χ0v) is 9.71. The van der Waals surface area contributed by atoms with Gasteiger partial charge >= 0.3 is 5.97 Å². The van der Waals surface area contributed by atoms with Crippen LogP contribution in [0.4, 0.5) is 0 Å². The minimum Gasteiger partial charge on any atom is -0.481 e. The molecule has 1 aromatic rings. The molecule has 0 bridgehead atoms. The predicted octanol–water partition coefficient (Wildman–Crippen LogP) is 1.04. The summed E-state index contributed by atoms with van der Waals surface area (Å²) in [5.41, 5.74) is 0. The number of carbonyl (C=O) groups excluding carboxylic acids is 1. The highest BCUT2D eigenvalue weighted by Crippen LogP contribution is 2.10. The van der Waals surface area contributed by atoms with E-state index in [1.165, 1.54) is 6.92 Å². The van der Waals surface area contributed by atoms with Crippen LogP contribution in [0, 0.1) is 0 Å². The molecule has 0 radical (unpaired) electrons. The van der Waals surface area contributed by atoms with Gasteiger partial charge in [-0.2, -0.15) is 0 Å². The third-order valence-electron chi connectivity index (χ3n) is 2.15. The minimum atomic E-state index is -1.08. The zero-order chi connectivity index (χ0) is 12.8. The van der Waals surface area contributed by atoms with Gasteiger partial charge in [0.25, 0.3) is 5.91 Å². The van der Waals surface area contributed by atoms with Crippen LogP contribution in [-0.4, -0.2) is 29.1 Å². The van der Waals surface area contributed by atoms with Crippen LogP contribution in [-0.2, 0) is 9.59 Å². The van der Waals surface area contributed by atoms with Gasteiger partial charge in [-0.05, 0) is 26.0 Å². The van der Waals surface area contributed by atoms with Crippen molar-refractivity contribution in [3.63, 3.8) is 0 Å². The number of hydrogen-bond acceptors (Lipinski definition) is 3. The highest BCUT2D eigenvalue weighted by Gasteiger charge is 2.19. The molecule has 92 valence electrons. The van der Waals surface area contributed by atoms with Crippen molar-refractivity contribution in [2.75, 3.05) is 0 Å². The normalized spacial score (nSPS) is 13.5. The summed E-state index contributed by atoms with van der Waals surface area (Å²) < 4.78 is 5.35. The molecule has 1 rings (SSSR count). The van der Waals surface area contributed by atoms with Gasteiger partial charge in [0.2, 0.25) is 0 Å². The van der Waals surface area contributed by atoms with Gasteiger partial charge in [-0.25, -0.2) is 0 Å². The summed E-state index contributed by atoms with van der Waals surface area (Å²) in [5.74, 6) is -0.966. The summed E-state index contributed by atoms with van der Waals surface area (Å²) in [6, 6.07) is 7.95. The molecule has 0 aliphatic carbocycles. The molecule has 2 N–H and O–H groups in total. The molecule has 0 saturated heterocycles. The maximum absolute atomic E-state index is 11.6. The Labute approximate surface area is 99.4 Å². The highest BCUT2D eigenvalue weighted by molar-refractivity contribution is 5.85. The number of carbonyl (C=O) groups is 2. The SMILES string of the molecule is C[C@H](NC(=O)[C@@H](C)Oc1ccccc1)C(=O)O. The molecule has 0 unspecified atom stereocenters. The predicted molar refractivity (Wildman–Crippen MR) is 61.8 cm³/mol. The van der Waals surface area contributed by atoms with E-state index in [2.05, 4.69) is 5.32 Å². The Morgan fingerprint density at radius 1 is 1.24 bits per heavy atom. The number of carboxylic acid groups (broad SMARTS) is 1. The molecule has 1 aromatic carbocycles. The van der Waals surface area contributed by atoms with E-state index in [1.807, 2.05) is 6.07 Å². The maximum Gasteiger partial charge on any atom is 0.325 e. The first kappa shape index (κ1) is 13.0. The van der Waals surface area contributed by atoms with Crippen LogP contribution in [0.15, 0.2) is 30.3 Å². The van der Waals surface area contributed by atoms with Gasteiger partial charge in [0, 0.05) is 0 Å². The fourth-order valence-electron chi connectivity index (χ4n) is 1.15. The van der Waals surface area contributed by atoms with Gasteiger partial charge in [0.05, 0.1) is 0 Å². The number of hydrogen-bond donors (Lipinski definition) is 2. The first-order valence-electron chi connectivity index (χ1n) is 5.25. The Morgan fingerprint density at radius 2 is 1.82 bits per heavy atom. The fourth-order valence-corrected chi connectivity index (χ4v) is 1.15. The topological polar surface area (TPSA) is 75.6 Å². The average molecular weight is 237 g/mol. The van der Waals surface area contributed by atoms with E-state index in [1.54, 1.807) is 31.2 Å². The van der Waals surface area contributed by atoms with Gasteiger partial charge in [-0.1, -0.05) is 18.2 Å². The third kappa shape index (κ3) is 4.14. The van der Waals surface area contributed by atoms with Crippen LogP contribution in [0.5, 0.6) is 5.75 Å². The van der Waals surface area contributed by atoms with Crippen LogP contribution >= 0.6 is 0 Å². The van der Waals surface area contributed by atoms with Crippen LogP contribution in [0.1, 0.15) is 13.8 Å². The van der Waals surface area contributed by atoms with Crippen LogP contribution < -0.4 is 10.1 Å². The standard InChI is InChI=1S/C12H15NO4/c1-8(12(15)16)13-11(14)9(2)17-10-6-4-3-5-7-10/h3-9H,1-2H3,(H,13,14)(H,15,16)/t8-,9+/m0/s1. The molecule has 2 atom stereocenters. The molecule has 0 aromatic heterocycles. The van der Waals surface area contributed by atoms with Gasteiger partial charge in [0.15, 0.2) is 6.10 Å². The molecular formula is C12H15NO4. The van der Waals surface area contributed by atoms with Crippen molar-refractivity contribution in [1.82, 2.24) is 5.32 Å². The molecule has 0 heterocycles. The lowest BCUT2D eigenvalue weighted by Crippen LogP contribution is -2.44. The number of benzene rings is 1. The van der Waals surface area contributed by atoms with E-state index in [4.69, 9.17) is 9.84 Å². The Balaban J connectivity index is 2.50. The quantitative estimate of drug-likeness (QED) is 0.802. The summed E-state index contributed by atoms with van der Waals surface area (Å²) in [6.45, 7) is 2.96. The molecule has 1 amide bonds. The highest BCUT2D eigenvalue weighted by atomic mass is 16.5. The van der Waals surface area contributed by atoms with Crippen molar-refractivity contribution in [2.24, 2.45) is 0 Å². The van der Waals surface area contributed by atoms with Crippen molar-refractivity contribution in [3.05, 3.63) is 30.3 Å². The number of aliphatic carboxylic acids is 1. The zero-order valence-electron chi connectivity index (χ0n) is 9.71. The smallest absolute Gasteiger partial charge is 0.325 e. The minimum absolute atomic E-state index is 0.455. The van der Waals surface area contributed by atoms with Crippen molar-refractivity contribution in [1.29, 1.82) is 0 Å². The first-order chi connectivity index (χ1) is 8.00. The van der Waals surface area contributed by atoms with Crippen molar-refractivity contribution >= 4 is 11.9 Å². The number of amides is 1. The van der Waals surface area contributed by atoms with E-state index in [-0.39, 0.29) is 0 Å². The lowest BCUT2D eigenvalue weighted by atomic mass is 10.3. The van der Waals surface area contributed by atoms with E-state index in [9.17, 15) is 9.59 Å². The number of ether oxygens (including phenoxy) is 1. The summed E-state index contributed by atoms with van der Waals surface area (Å²) >= 11 is 0. The first-order valence-corrected chi connectivity index (χ1v) is 5.25. The van der Waals surface area contributed by atoms with E-state index >= 15 is 0 Å². The molecule has 5 heteroatoms. The number of rotatable bonds is 5. The molecule has 0 fully saturated rings. The van der Waals surface area contributed by atoms with Crippen LogP contribution in [0.25, 0.3) is 0 Å². The number of para-hydroxylation sites is 1. The molecule has 0 saturated carbocycles. The lowest BCUT2D eigenvalue weighted by Gasteiger charge is -2.16. The van der Waals surface area contributed by atoms with Crippen molar-refractivity contribution in [2.45, 2.75) is 26.0 Å². The Morgan fingerprint density at radius 3 is 2.35 bits per heavy atom. The molecule has 0 aliphatic rings. The second-order valence-electron chi connectivity index (χ2n) is 3.64. The molecule has 0 spiro atoms.